The Kier molecular flexibility index (Phi) is 1.40. The molecule has 1 aromatic heterocycles. The fourth-order valence-electron chi connectivity index (χ4n) is 1.74. The third kappa shape index (κ3) is 1.01. The summed E-state index contributed by atoms with van der Waals surface area (Å²) in [6, 6.07) is 8.41. The molecule has 0 atom stereocenters. The van der Waals surface area contributed by atoms with E-state index in [-0.39, 0.29) is 0 Å². The molecule has 1 aliphatic carbocycles. The van der Waals surface area contributed by atoms with Crippen molar-refractivity contribution >= 4 is 11.0 Å². The lowest BCUT2D eigenvalue weighted by atomic mass is 10.2. The average Bonchev–Trinajstić information content (AvgIpc) is 2.98. The minimum absolute atomic E-state index is 0.619. The standard InChI is InChI=1S/C11H9N3/c12-6-8-1-4-10-11(5-8)14(7-13-10)9-2-3-9/h1,4-5,7,9H,2-3H2. The van der Waals surface area contributed by atoms with Crippen molar-refractivity contribution in [1.29, 1.82) is 5.26 Å². The highest BCUT2D eigenvalue weighted by Gasteiger charge is 2.24. The highest BCUT2D eigenvalue weighted by atomic mass is 15.1. The molecule has 0 saturated heterocycles. The van der Waals surface area contributed by atoms with Crippen LogP contribution >= 0.6 is 0 Å². The molecule has 68 valence electrons. The quantitative estimate of drug-likeness (QED) is 0.680. The molecule has 0 radical (unpaired) electrons. The first-order valence-electron chi connectivity index (χ1n) is 4.75. The van der Waals surface area contributed by atoms with Crippen LogP contribution in [-0.4, -0.2) is 9.55 Å². The van der Waals surface area contributed by atoms with Gasteiger partial charge in [-0.15, -0.1) is 0 Å². The van der Waals surface area contributed by atoms with Crippen LogP contribution in [-0.2, 0) is 0 Å². The topological polar surface area (TPSA) is 41.6 Å². The van der Waals surface area contributed by atoms with E-state index in [0.717, 1.165) is 11.0 Å². The maximum Gasteiger partial charge on any atom is 0.0992 e. The number of fused-ring (bicyclic) bond motifs is 1. The van der Waals surface area contributed by atoms with E-state index in [4.69, 9.17) is 5.26 Å². The molecular formula is C11H9N3. The van der Waals surface area contributed by atoms with Gasteiger partial charge in [-0.05, 0) is 31.0 Å². The predicted octanol–water partition coefficient (Wildman–Crippen LogP) is 2.24. The molecule has 3 rings (SSSR count). The van der Waals surface area contributed by atoms with Gasteiger partial charge in [-0.25, -0.2) is 4.98 Å². The fraction of sp³-hybridized carbons (Fsp3) is 0.273. The van der Waals surface area contributed by atoms with Crippen LogP contribution < -0.4 is 0 Å². The van der Waals surface area contributed by atoms with Gasteiger partial charge in [-0.2, -0.15) is 5.26 Å². The van der Waals surface area contributed by atoms with Crippen LogP contribution in [0.15, 0.2) is 24.5 Å². The maximum atomic E-state index is 8.80. The summed E-state index contributed by atoms with van der Waals surface area (Å²) in [6.07, 6.45) is 4.36. The number of nitrogens with zero attached hydrogens (tertiary/aromatic N) is 3. The molecule has 1 aliphatic rings. The Morgan fingerprint density at radius 1 is 1.43 bits per heavy atom. The zero-order valence-corrected chi connectivity index (χ0v) is 7.64. The summed E-state index contributed by atoms with van der Waals surface area (Å²) in [7, 11) is 0. The summed E-state index contributed by atoms with van der Waals surface area (Å²) in [5, 5.41) is 8.80. The van der Waals surface area contributed by atoms with Crippen LogP contribution in [0.1, 0.15) is 24.4 Å². The van der Waals surface area contributed by atoms with E-state index in [0.29, 0.717) is 11.6 Å². The second-order valence-corrected chi connectivity index (χ2v) is 3.70. The molecule has 0 unspecified atom stereocenters. The molecule has 0 N–H and O–H groups in total. The molecule has 14 heavy (non-hydrogen) atoms. The Hall–Kier alpha value is -1.82. The van der Waals surface area contributed by atoms with Crippen LogP contribution in [0.25, 0.3) is 11.0 Å². The molecule has 0 amide bonds. The summed E-state index contributed by atoms with van der Waals surface area (Å²) in [5.41, 5.74) is 2.78. The van der Waals surface area contributed by atoms with Crippen LogP contribution in [0.4, 0.5) is 0 Å². The minimum Gasteiger partial charge on any atom is -0.327 e. The molecule has 3 nitrogen and oxygen atoms in total. The van der Waals surface area contributed by atoms with Gasteiger partial charge in [0, 0.05) is 6.04 Å². The average molecular weight is 183 g/mol. The van der Waals surface area contributed by atoms with E-state index in [1.165, 1.54) is 12.8 Å². The van der Waals surface area contributed by atoms with Gasteiger partial charge in [0.2, 0.25) is 0 Å². The minimum atomic E-state index is 0.619. The van der Waals surface area contributed by atoms with Gasteiger partial charge in [-0.1, -0.05) is 0 Å². The number of aromatic nitrogens is 2. The second kappa shape index (κ2) is 2.58. The lowest BCUT2D eigenvalue weighted by Gasteiger charge is -1.99. The van der Waals surface area contributed by atoms with Crippen LogP contribution in [0.2, 0.25) is 0 Å². The maximum absolute atomic E-state index is 8.80. The first-order valence-corrected chi connectivity index (χ1v) is 4.75. The molecule has 1 fully saturated rings. The lowest BCUT2D eigenvalue weighted by Crippen LogP contribution is -1.90. The number of imidazole rings is 1. The van der Waals surface area contributed by atoms with E-state index in [1.54, 1.807) is 0 Å². The third-order valence-corrected chi connectivity index (χ3v) is 2.64. The summed E-state index contributed by atoms with van der Waals surface area (Å²) in [4.78, 5) is 4.31. The Bertz CT molecular complexity index is 529. The number of hydrogen-bond donors (Lipinski definition) is 0. The van der Waals surface area contributed by atoms with Crippen molar-refractivity contribution < 1.29 is 0 Å². The molecule has 0 bridgehead atoms. The first kappa shape index (κ1) is 7.57. The van der Waals surface area contributed by atoms with Gasteiger partial charge in [0.05, 0.1) is 29.0 Å². The predicted molar refractivity (Wildman–Crippen MR) is 52.7 cm³/mol. The smallest absolute Gasteiger partial charge is 0.0992 e. The molecule has 0 spiro atoms. The second-order valence-electron chi connectivity index (χ2n) is 3.70. The van der Waals surface area contributed by atoms with Crippen LogP contribution in [0, 0.1) is 11.3 Å². The molecule has 1 saturated carbocycles. The van der Waals surface area contributed by atoms with Crippen molar-refractivity contribution in [2.75, 3.05) is 0 Å². The summed E-state index contributed by atoms with van der Waals surface area (Å²) in [6.45, 7) is 0. The SMILES string of the molecule is N#Cc1ccc2ncn(C3CC3)c2c1. The van der Waals surface area contributed by atoms with Gasteiger partial charge < -0.3 is 4.57 Å². The normalized spacial score (nSPS) is 15.6. The molecule has 1 heterocycles. The van der Waals surface area contributed by atoms with Gasteiger partial charge in [-0.3, -0.25) is 0 Å². The van der Waals surface area contributed by atoms with E-state index in [2.05, 4.69) is 15.6 Å². The first-order chi connectivity index (χ1) is 6.88. The van der Waals surface area contributed by atoms with Crippen molar-refractivity contribution in [1.82, 2.24) is 9.55 Å². The molecule has 1 aromatic carbocycles. The van der Waals surface area contributed by atoms with Crippen molar-refractivity contribution in [2.45, 2.75) is 18.9 Å². The van der Waals surface area contributed by atoms with E-state index >= 15 is 0 Å². The Morgan fingerprint density at radius 2 is 2.29 bits per heavy atom. The third-order valence-electron chi connectivity index (χ3n) is 2.64. The van der Waals surface area contributed by atoms with Crippen molar-refractivity contribution in [3.05, 3.63) is 30.1 Å². The van der Waals surface area contributed by atoms with Crippen LogP contribution in [0.3, 0.4) is 0 Å². The molecule has 3 heteroatoms. The van der Waals surface area contributed by atoms with E-state index in [1.807, 2.05) is 24.5 Å². The summed E-state index contributed by atoms with van der Waals surface area (Å²) < 4.78 is 2.18. The number of benzene rings is 1. The number of nitriles is 1. The number of hydrogen-bond acceptors (Lipinski definition) is 2. The zero-order chi connectivity index (χ0) is 9.54. The largest absolute Gasteiger partial charge is 0.327 e. The Balaban J connectivity index is 2.27. The van der Waals surface area contributed by atoms with Gasteiger partial charge in [0.15, 0.2) is 0 Å². The van der Waals surface area contributed by atoms with Gasteiger partial charge in [0.25, 0.3) is 0 Å². The Labute approximate surface area is 81.6 Å². The lowest BCUT2D eigenvalue weighted by molar-refractivity contribution is 0.766. The monoisotopic (exact) mass is 183 g/mol. The van der Waals surface area contributed by atoms with E-state index in [9.17, 15) is 0 Å². The number of rotatable bonds is 1. The zero-order valence-electron chi connectivity index (χ0n) is 7.64. The highest BCUT2D eigenvalue weighted by molar-refractivity contribution is 5.77. The van der Waals surface area contributed by atoms with Gasteiger partial charge >= 0.3 is 0 Å². The van der Waals surface area contributed by atoms with Crippen molar-refractivity contribution in [3.8, 4) is 6.07 Å². The molecule has 0 aliphatic heterocycles. The summed E-state index contributed by atoms with van der Waals surface area (Å²) in [5.74, 6) is 0. The molecule has 2 aromatic rings. The summed E-state index contributed by atoms with van der Waals surface area (Å²) >= 11 is 0. The Morgan fingerprint density at radius 3 is 3.00 bits per heavy atom. The van der Waals surface area contributed by atoms with Crippen molar-refractivity contribution in [3.63, 3.8) is 0 Å². The molecular weight excluding hydrogens is 174 g/mol. The van der Waals surface area contributed by atoms with Crippen LogP contribution in [0.5, 0.6) is 0 Å². The van der Waals surface area contributed by atoms with E-state index < -0.39 is 0 Å². The highest BCUT2D eigenvalue weighted by Crippen LogP contribution is 2.37. The van der Waals surface area contributed by atoms with Gasteiger partial charge in [0.1, 0.15) is 0 Å². The fourth-order valence-corrected chi connectivity index (χ4v) is 1.74. The van der Waals surface area contributed by atoms with Crippen molar-refractivity contribution in [2.24, 2.45) is 0 Å².